The minimum absolute atomic E-state index is 0.0387. The molecule has 0 radical (unpaired) electrons. The molecular weight excluding hydrogens is 242 g/mol. The Hall–Kier alpha value is -2.09. The van der Waals surface area contributed by atoms with Crippen LogP contribution in [0.1, 0.15) is 38.2 Å². The monoisotopic (exact) mass is 259 g/mol. The number of hydrogen-bond acceptors (Lipinski definition) is 4. The summed E-state index contributed by atoms with van der Waals surface area (Å²) in [5.41, 5.74) is 0.941. The summed E-state index contributed by atoms with van der Waals surface area (Å²) in [5.74, 6) is 0.499. The molecule has 5 nitrogen and oxygen atoms in total. The number of nitrogens with zero attached hydrogens (tertiary/aromatic N) is 2. The van der Waals surface area contributed by atoms with Crippen LogP contribution in [0.25, 0.3) is 0 Å². The molecule has 100 valence electrons. The normalized spacial score (nSPS) is 22.5. The fourth-order valence-corrected chi connectivity index (χ4v) is 2.61. The quantitative estimate of drug-likeness (QED) is 0.666. The van der Waals surface area contributed by atoms with Gasteiger partial charge in [-0.15, -0.1) is 0 Å². The lowest BCUT2D eigenvalue weighted by Crippen LogP contribution is -2.30. The number of anilines is 1. The molecule has 2 rings (SSSR count). The first kappa shape index (κ1) is 13.3. The van der Waals surface area contributed by atoms with Crippen molar-refractivity contribution in [1.82, 2.24) is 0 Å². The first-order valence-corrected chi connectivity index (χ1v) is 6.57. The second kappa shape index (κ2) is 5.70. The molecule has 2 atom stereocenters. The van der Waals surface area contributed by atoms with Crippen LogP contribution in [0.5, 0.6) is 0 Å². The lowest BCUT2D eigenvalue weighted by atomic mass is 9.86. The largest absolute Gasteiger partial charge is 0.376 e. The van der Waals surface area contributed by atoms with Crippen molar-refractivity contribution in [2.45, 2.75) is 38.6 Å². The summed E-state index contributed by atoms with van der Waals surface area (Å²) < 4.78 is 0. The lowest BCUT2D eigenvalue weighted by Gasteiger charge is -2.30. The highest BCUT2D eigenvalue weighted by Gasteiger charge is 2.24. The molecule has 0 aliphatic heterocycles. The average molecular weight is 259 g/mol. The first-order chi connectivity index (χ1) is 9.11. The molecule has 2 unspecified atom stereocenters. The van der Waals surface area contributed by atoms with Crippen LogP contribution in [-0.2, 0) is 0 Å². The highest BCUT2D eigenvalue weighted by molar-refractivity contribution is 5.64. The van der Waals surface area contributed by atoms with Crippen molar-refractivity contribution in [2.24, 2.45) is 5.92 Å². The maximum atomic E-state index is 11.0. The molecule has 1 saturated carbocycles. The molecule has 19 heavy (non-hydrogen) atoms. The van der Waals surface area contributed by atoms with Crippen molar-refractivity contribution in [3.63, 3.8) is 0 Å². The second-order valence-electron chi connectivity index (χ2n) is 5.11. The van der Waals surface area contributed by atoms with Crippen molar-refractivity contribution in [2.75, 3.05) is 5.32 Å². The predicted octanol–water partition coefficient (Wildman–Crippen LogP) is 3.46. The van der Waals surface area contributed by atoms with Crippen LogP contribution in [0.3, 0.4) is 0 Å². The zero-order valence-corrected chi connectivity index (χ0v) is 10.9. The van der Waals surface area contributed by atoms with Gasteiger partial charge in [0.25, 0.3) is 5.69 Å². The van der Waals surface area contributed by atoms with Crippen LogP contribution in [0.4, 0.5) is 11.4 Å². The highest BCUT2D eigenvalue weighted by Crippen LogP contribution is 2.31. The molecule has 1 aliphatic carbocycles. The molecular formula is C14H17N3O2. The highest BCUT2D eigenvalue weighted by atomic mass is 16.6. The van der Waals surface area contributed by atoms with Crippen LogP contribution < -0.4 is 5.32 Å². The molecule has 0 amide bonds. The lowest BCUT2D eigenvalue weighted by molar-refractivity contribution is -0.384. The van der Waals surface area contributed by atoms with Crippen molar-refractivity contribution in [3.8, 4) is 6.07 Å². The van der Waals surface area contributed by atoms with Gasteiger partial charge in [0.15, 0.2) is 0 Å². The van der Waals surface area contributed by atoms with Gasteiger partial charge >= 0.3 is 0 Å². The van der Waals surface area contributed by atoms with Gasteiger partial charge in [0.1, 0.15) is 5.69 Å². The summed E-state index contributed by atoms with van der Waals surface area (Å²) in [7, 11) is 0. The molecule has 1 aliphatic rings. The standard InChI is InChI=1S/C14H17N3O2/c1-10-4-2-3-5-12(10)16-13-8-11(9-15)6-7-14(13)17(18)19/h6-8,10,12,16H,2-5H2,1H3. The topological polar surface area (TPSA) is 79.0 Å². The summed E-state index contributed by atoms with van der Waals surface area (Å²) in [6.07, 6.45) is 4.53. The number of nitro benzene ring substituents is 1. The Morgan fingerprint density at radius 1 is 1.42 bits per heavy atom. The number of rotatable bonds is 3. The van der Waals surface area contributed by atoms with Gasteiger partial charge in [-0.05, 0) is 30.9 Å². The molecule has 0 saturated heterocycles. The van der Waals surface area contributed by atoms with E-state index >= 15 is 0 Å². The van der Waals surface area contributed by atoms with Gasteiger partial charge in [-0.1, -0.05) is 19.8 Å². The molecule has 0 heterocycles. The van der Waals surface area contributed by atoms with E-state index in [4.69, 9.17) is 5.26 Å². The number of nitrogens with one attached hydrogen (secondary N) is 1. The minimum Gasteiger partial charge on any atom is -0.376 e. The number of benzene rings is 1. The van der Waals surface area contributed by atoms with E-state index in [0.29, 0.717) is 17.2 Å². The third kappa shape index (κ3) is 3.02. The van der Waals surface area contributed by atoms with Crippen molar-refractivity contribution in [1.29, 1.82) is 5.26 Å². The minimum atomic E-state index is -0.406. The second-order valence-corrected chi connectivity index (χ2v) is 5.11. The average Bonchev–Trinajstić information content (AvgIpc) is 2.41. The third-order valence-electron chi connectivity index (χ3n) is 3.77. The fraction of sp³-hybridized carbons (Fsp3) is 0.500. The van der Waals surface area contributed by atoms with Crippen LogP contribution in [0, 0.1) is 27.4 Å². The summed E-state index contributed by atoms with van der Waals surface area (Å²) in [5, 5.41) is 23.2. The van der Waals surface area contributed by atoms with Crippen molar-refractivity contribution < 1.29 is 4.92 Å². The summed E-state index contributed by atoms with van der Waals surface area (Å²) in [6, 6.07) is 6.72. The van der Waals surface area contributed by atoms with E-state index in [1.807, 2.05) is 6.07 Å². The Morgan fingerprint density at radius 2 is 2.16 bits per heavy atom. The van der Waals surface area contributed by atoms with E-state index in [1.165, 1.54) is 18.6 Å². The molecule has 0 aromatic heterocycles. The van der Waals surface area contributed by atoms with E-state index in [9.17, 15) is 10.1 Å². The third-order valence-corrected chi connectivity index (χ3v) is 3.77. The molecule has 0 spiro atoms. The number of nitriles is 1. The first-order valence-electron chi connectivity index (χ1n) is 6.57. The van der Waals surface area contributed by atoms with E-state index in [0.717, 1.165) is 19.3 Å². The molecule has 1 aromatic carbocycles. The van der Waals surface area contributed by atoms with Crippen LogP contribution in [0.15, 0.2) is 18.2 Å². The Bertz CT molecular complexity index is 522. The summed E-state index contributed by atoms with van der Waals surface area (Å²) in [6.45, 7) is 2.16. The van der Waals surface area contributed by atoms with Crippen molar-refractivity contribution >= 4 is 11.4 Å². The van der Waals surface area contributed by atoms with Crippen LogP contribution in [0.2, 0.25) is 0 Å². The summed E-state index contributed by atoms with van der Waals surface area (Å²) in [4.78, 5) is 10.6. The van der Waals surface area contributed by atoms with Crippen molar-refractivity contribution in [3.05, 3.63) is 33.9 Å². The zero-order valence-electron chi connectivity index (χ0n) is 10.9. The smallest absolute Gasteiger partial charge is 0.292 e. The molecule has 1 N–H and O–H groups in total. The SMILES string of the molecule is CC1CCCCC1Nc1cc(C#N)ccc1[N+](=O)[O-]. The van der Waals surface area contributed by atoms with E-state index in [2.05, 4.69) is 12.2 Å². The molecule has 1 fully saturated rings. The van der Waals surface area contributed by atoms with Gasteiger partial charge < -0.3 is 5.32 Å². The number of hydrogen-bond donors (Lipinski definition) is 1. The molecule has 0 bridgehead atoms. The van der Waals surface area contributed by atoms with Gasteiger partial charge in [0.05, 0.1) is 16.6 Å². The van der Waals surface area contributed by atoms with Crippen LogP contribution >= 0.6 is 0 Å². The maximum absolute atomic E-state index is 11.0. The van der Waals surface area contributed by atoms with Gasteiger partial charge in [0.2, 0.25) is 0 Å². The van der Waals surface area contributed by atoms with E-state index in [1.54, 1.807) is 6.07 Å². The Kier molecular flexibility index (Phi) is 4.00. The number of nitro groups is 1. The Balaban J connectivity index is 2.26. The van der Waals surface area contributed by atoms with Gasteiger partial charge in [-0.2, -0.15) is 5.26 Å². The molecule has 1 aromatic rings. The van der Waals surface area contributed by atoms with Gasteiger partial charge in [0, 0.05) is 12.1 Å². The maximum Gasteiger partial charge on any atom is 0.292 e. The Labute approximate surface area is 112 Å². The van der Waals surface area contributed by atoms with Crippen LogP contribution in [-0.4, -0.2) is 11.0 Å². The summed E-state index contributed by atoms with van der Waals surface area (Å²) >= 11 is 0. The van der Waals surface area contributed by atoms with E-state index < -0.39 is 4.92 Å². The van der Waals surface area contributed by atoms with E-state index in [-0.39, 0.29) is 11.7 Å². The van der Waals surface area contributed by atoms with Gasteiger partial charge in [-0.25, -0.2) is 0 Å². The van der Waals surface area contributed by atoms with Gasteiger partial charge in [-0.3, -0.25) is 10.1 Å². The Morgan fingerprint density at radius 3 is 2.79 bits per heavy atom. The predicted molar refractivity (Wildman–Crippen MR) is 72.9 cm³/mol. The molecule has 5 heteroatoms. The fourth-order valence-electron chi connectivity index (χ4n) is 2.61. The zero-order chi connectivity index (χ0) is 13.8.